The standard InChI is InChI=1S/C30H48O7/c1-7-14-37-25(10-11-26(2,3)34)29(6,35)24-9-13-30(36)19-15-21(31)20-16-22(32)23(33)17-27(20,4)18(19)8-12-28(24,30)5/h7,15,18,20,22-25,32-36H,1,8-14,16-17H2,2-6H3/t18-,20-,22+,23-,24-,25+,27+,28+,29+,30+/m0/s1. The molecule has 0 heterocycles. The fourth-order valence-electron chi connectivity index (χ4n) is 8.74. The van der Waals surface area contributed by atoms with E-state index in [1.807, 2.05) is 13.8 Å². The van der Waals surface area contributed by atoms with Gasteiger partial charge in [-0.05, 0) is 101 Å². The summed E-state index contributed by atoms with van der Waals surface area (Å²) in [5.74, 6) is -0.804. The highest BCUT2D eigenvalue weighted by Gasteiger charge is 2.69. The second-order valence-electron chi connectivity index (χ2n) is 13.8. The van der Waals surface area contributed by atoms with Crippen molar-refractivity contribution in [2.24, 2.45) is 28.6 Å². The van der Waals surface area contributed by atoms with Crippen LogP contribution in [0.4, 0.5) is 0 Å². The maximum Gasteiger partial charge on any atom is 0.159 e. The van der Waals surface area contributed by atoms with Crippen LogP contribution in [0, 0.1) is 28.6 Å². The zero-order valence-corrected chi connectivity index (χ0v) is 23.2. The van der Waals surface area contributed by atoms with Crippen molar-refractivity contribution in [1.29, 1.82) is 0 Å². The van der Waals surface area contributed by atoms with Crippen molar-refractivity contribution in [1.82, 2.24) is 0 Å². The molecule has 0 aromatic carbocycles. The smallest absolute Gasteiger partial charge is 0.159 e. The van der Waals surface area contributed by atoms with Crippen LogP contribution in [-0.2, 0) is 9.53 Å². The number of aliphatic hydroxyl groups is 5. The minimum atomic E-state index is -1.28. The molecule has 37 heavy (non-hydrogen) atoms. The largest absolute Gasteiger partial charge is 0.390 e. The Morgan fingerprint density at radius 1 is 1.14 bits per heavy atom. The molecular formula is C30H48O7. The van der Waals surface area contributed by atoms with Gasteiger partial charge in [0, 0.05) is 11.3 Å². The molecule has 4 rings (SSSR count). The summed E-state index contributed by atoms with van der Waals surface area (Å²) in [6.07, 6.45) is 4.84. The molecule has 0 unspecified atom stereocenters. The van der Waals surface area contributed by atoms with E-state index in [2.05, 4.69) is 6.58 Å². The molecule has 5 N–H and O–H groups in total. The number of aliphatic hydroxyl groups excluding tert-OH is 2. The number of ketones is 1. The van der Waals surface area contributed by atoms with Gasteiger partial charge in [-0.25, -0.2) is 0 Å². The summed E-state index contributed by atoms with van der Waals surface area (Å²) < 4.78 is 6.07. The third-order valence-corrected chi connectivity index (χ3v) is 10.9. The number of ether oxygens (including phenoxy) is 1. The SMILES string of the molecule is C=CCO[C@H](CCC(C)(C)O)[C@](C)(O)[C@H]1CC[C@@]2(O)C3=CC(=O)[C@@H]4C[C@@H](O)[C@@H](O)C[C@]4(C)[C@H]3CC[C@]12C. The number of fused-ring (bicyclic) bond motifs is 5. The van der Waals surface area contributed by atoms with Crippen molar-refractivity contribution >= 4 is 5.78 Å². The van der Waals surface area contributed by atoms with E-state index in [0.29, 0.717) is 38.5 Å². The summed E-state index contributed by atoms with van der Waals surface area (Å²) in [7, 11) is 0. The van der Waals surface area contributed by atoms with E-state index in [1.165, 1.54) is 0 Å². The number of hydrogen-bond acceptors (Lipinski definition) is 7. The first-order valence-electron chi connectivity index (χ1n) is 14.0. The van der Waals surface area contributed by atoms with Gasteiger partial charge >= 0.3 is 0 Å². The van der Waals surface area contributed by atoms with Gasteiger partial charge in [-0.3, -0.25) is 4.79 Å². The van der Waals surface area contributed by atoms with E-state index in [0.717, 1.165) is 12.0 Å². The summed E-state index contributed by atoms with van der Waals surface area (Å²) in [5.41, 5.74) is -3.90. The predicted octanol–water partition coefficient (Wildman–Crippen LogP) is 3.06. The van der Waals surface area contributed by atoms with Gasteiger partial charge in [-0.15, -0.1) is 6.58 Å². The molecule has 3 saturated carbocycles. The zero-order valence-electron chi connectivity index (χ0n) is 23.2. The molecule has 7 nitrogen and oxygen atoms in total. The molecule has 3 fully saturated rings. The zero-order chi connectivity index (χ0) is 27.6. The van der Waals surface area contributed by atoms with Gasteiger partial charge in [0.1, 0.15) is 0 Å². The Bertz CT molecular complexity index is 935. The molecule has 10 atom stereocenters. The van der Waals surface area contributed by atoms with E-state index in [1.54, 1.807) is 32.9 Å². The maximum atomic E-state index is 13.4. The first kappa shape index (κ1) is 28.9. The van der Waals surface area contributed by atoms with Crippen LogP contribution in [-0.4, -0.2) is 73.0 Å². The summed E-state index contributed by atoms with van der Waals surface area (Å²) in [5, 5.41) is 55.6. The Kier molecular flexibility index (Phi) is 7.44. The minimum Gasteiger partial charge on any atom is -0.390 e. The van der Waals surface area contributed by atoms with Crippen molar-refractivity contribution in [2.45, 2.75) is 121 Å². The second kappa shape index (κ2) is 9.53. The Balaban J connectivity index is 1.68. The summed E-state index contributed by atoms with van der Waals surface area (Å²) in [6.45, 7) is 13.4. The minimum absolute atomic E-state index is 0.0675. The molecule has 0 amide bonds. The van der Waals surface area contributed by atoms with Crippen LogP contribution in [0.15, 0.2) is 24.3 Å². The van der Waals surface area contributed by atoms with Crippen molar-refractivity contribution in [3.63, 3.8) is 0 Å². The molecule has 0 aromatic rings. The highest BCUT2D eigenvalue weighted by Crippen LogP contribution is 2.68. The summed E-state index contributed by atoms with van der Waals surface area (Å²) in [4.78, 5) is 13.4. The lowest BCUT2D eigenvalue weighted by molar-refractivity contribution is -0.184. The highest BCUT2D eigenvalue weighted by atomic mass is 16.5. The Hall–Kier alpha value is -1.09. The number of hydrogen-bond donors (Lipinski definition) is 5. The average molecular weight is 521 g/mol. The van der Waals surface area contributed by atoms with Crippen molar-refractivity contribution in [3.8, 4) is 0 Å². The molecule has 0 saturated heterocycles. The van der Waals surface area contributed by atoms with Crippen LogP contribution in [0.5, 0.6) is 0 Å². The third-order valence-electron chi connectivity index (χ3n) is 10.9. The van der Waals surface area contributed by atoms with Gasteiger partial charge in [0.15, 0.2) is 5.78 Å². The quantitative estimate of drug-likeness (QED) is 0.311. The van der Waals surface area contributed by atoms with E-state index >= 15 is 0 Å². The fraction of sp³-hybridized carbons (Fsp3) is 0.833. The molecule has 0 aromatic heterocycles. The van der Waals surface area contributed by atoms with Gasteiger partial charge in [-0.2, -0.15) is 0 Å². The van der Waals surface area contributed by atoms with E-state index < -0.39 is 45.9 Å². The van der Waals surface area contributed by atoms with Gasteiger partial charge < -0.3 is 30.3 Å². The Morgan fingerprint density at radius 2 is 1.81 bits per heavy atom. The van der Waals surface area contributed by atoms with Crippen LogP contribution in [0.3, 0.4) is 0 Å². The highest BCUT2D eigenvalue weighted by molar-refractivity contribution is 5.95. The Morgan fingerprint density at radius 3 is 2.43 bits per heavy atom. The molecule has 0 spiro atoms. The lowest BCUT2D eigenvalue weighted by atomic mass is 9.45. The maximum absolute atomic E-state index is 13.4. The van der Waals surface area contributed by atoms with E-state index in [-0.39, 0.29) is 36.6 Å². The predicted molar refractivity (Wildman–Crippen MR) is 141 cm³/mol. The number of allylic oxidation sites excluding steroid dienone is 1. The molecule has 210 valence electrons. The van der Waals surface area contributed by atoms with Crippen LogP contribution in [0.25, 0.3) is 0 Å². The van der Waals surface area contributed by atoms with Crippen LogP contribution < -0.4 is 0 Å². The second-order valence-corrected chi connectivity index (χ2v) is 13.8. The van der Waals surface area contributed by atoms with Crippen molar-refractivity contribution in [3.05, 3.63) is 24.3 Å². The molecular weight excluding hydrogens is 472 g/mol. The van der Waals surface area contributed by atoms with Gasteiger partial charge in [0.25, 0.3) is 0 Å². The summed E-state index contributed by atoms with van der Waals surface area (Å²) in [6, 6.07) is 0. The molecule has 0 aliphatic heterocycles. The lowest BCUT2D eigenvalue weighted by Gasteiger charge is -2.60. The molecule has 7 heteroatoms. The van der Waals surface area contributed by atoms with Gasteiger partial charge in [-0.1, -0.05) is 19.9 Å². The first-order valence-corrected chi connectivity index (χ1v) is 14.0. The summed E-state index contributed by atoms with van der Waals surface area (Å²) >= 11 is 0. The van der Waals surface area contributed by atoms with Crippen LogP contribution in [0.2, 0.25) is 0 Å². The number of carbonyl (C=O) groups excluding carboxylic acids is 1. The van der Waals surface area contributed by atoms with E-state index in [9.17, 15) is 30.3 Å². The van der Waals surface area contributed by atoms with Gasteiger partial charge in [0.05, 0.1) is 41.7 Å². The van der Waals surface area contributed by atoms with Crippen molar-refractivity contribution < 1.29 is 35.1 Å². The molecule has 0 bridgehead atoms. The topological polar surface area (TPSA) is 127 Å². The fourth-order valence-corrected chi connectivity index (χ4v) is 8.74. The first-order chi connectivity index (χ1) is 17.0. The monoisotopic (exact) mass is 520 g/mol. The molecule has 0 radical (unpaired) electrons. The lowest BCUT2D eigenvalue weighted by Crippen LogP contribution is -2.63. The molecule has 4 aliphatic rings. The van der Waals surface area contributed by atoms with Crippen LogP contribution in [0.1, 0.15) is 86.0 Å². The van der Waals surface area contributed by atoms with Gasteiger partial charge in [0.2, 0.25) is 0 Å². The normalized spacial score (nSPS) is 44.2. The molecule has 4 aliphatic carbocycles. The number of rotatable bonds is 8. The van der Waals surface area contributed by atoms with Crippen molar-refractivity contribution in [2.75, 3.05) is 6.61 Å². The average Bonchev–Trinajstić information content (AvgIpc) is 3.07. The van der Waals surface area contributed by atoms with E-state index in [4.69, 9.17) is 4.74 Å². The Labute approximate surface area is 221 Å². The van der Waals surface area contributed by atoms with Crippen LogP contribution >= 0.6 is 0 Å². The third kappa shape index (κ3) is 4.57. The number of carbonyl (C=O) groups is 1.